The van der Waals surface area contributed by atoms with Gasteiger partial charge in [0.05, 0.1) is 17.3 Å². The minimum atomic E-state index is -0.370. The van der Waals surface area contributed by atoms with Gasteiger partial charge in [-0.25, -0.2) is 0 Å². The van der Waals surface area contributed by atoms with Gasteiger partial charge in [-0.2, -0.15) is 10.4 Å². The molecule has 0 saturated carbocycles. The molecule has 0 saturated heterocycles. The molecule has 0 spiro atoms. The predicted molar refractivity (Wildman–Crippen MR) is 83.5 cm³/mol. The van der Waals surface area contributed by atoms with Crippen molar-refractivity contribution >= 4 is 10.9 Å². The molecule has 1 heterocycles. The Kier molecular flexibility index (Phi) is 3.00. The summed E-state index contributed by atoms with van der Waals surface area (Å²) in [6, 6.07) is 14.2. The number of nitrogens with one attached hydrogen (secondary N) is 1. The quantitative estimate of drug-likeness (QED) is 0.753. The molecule has 3 rings (SSSR count). The van der Waals surface area contributed by atoms with Crippen LogP contribution in [0.5, 0.6) is 0 Å². The van der Waals surface area contributed by atoms with Crippen LogP contribution in [0.1, 0.15) is 25.0 Å². The number of nitrogens with two attached hydrogens (primary N) is 1. The predicted octanol–water partition coefficient (Wildman–Crippen LogP) is 3.30. The van der Waals surface area contributed by atoms with E-state index in [0.29, 0.717) is 5.56 Å². The van der Waals surface area contributed by atoms with Gasteiger partial charge >= 0.3 is 0 Å². The maximum absolute atomic E-state index is 9.47. The van der Waals surface area contributed by atoms with Crippen molar-refractivity contribution in [2.24, 2.45) is 5.73 Å². The maximum Gasteiger partial charge on any atom is 0.101 e. The average Bonchev–Trinajstić information content (AvgIpc) is 2.94. The van der Waals surface area contributed by atoms with Crippen LogP contribution >= 0.6 is 0 Å². The summed E-state index contributed by atoms with van der Waals surface area (Å²) < 4.78 is 0. The van der Waals surface area contributed by atoms with Crippen molar-refractivity contribution < 1.29 is 0 Å². The summed E-state index contributed by atoms with van der Waals surface area (Å²) in [5.74, 6) is 0. The van der Waals surface area contributed by atoms with Gasteiger partial charge in [0.1, 0.15) is 6.07 Å². The number of nitrogens with zero attached hydrogens (tertiary/aromatic N) is 2. The van der Waals surface area contributed by atoms with Crippen molar-refractivity contribution in [2.75, 3.05) is 0 Å². The molecule has 21 heavy (non-hydrogen) atoms. The van der Waals surface area contributed by atoms with Crippen LogP contribution in [0.25, 0.3) is 22.0 Å². The molecule has 3 aromatic rings. The van der Waals surface area contributed by atoms with E-state index in [4.69, 9.17) is 5.73 Å². The number of benzene rings is 2. The lowest BCUT2D eigenvalue weighted by Crippen LogP contribution is -2.28. The van der Waals surface area contributed by atoms with Gasteiger partial charge in [0.25, 0.3) is 0 Å². The fourth-order valence-corrected chi connectivity index (χ4v) is 2.46. The highest BCUT2D eigenvalue weighted by molar-refractivity contribution is 5.91. The highest BCUT2D eigenvalue weighted by Crippen LogP contribution is 2.30. The number of H-pyrrole nitrogens is 1. The van der Waals surface area contributed by atoms with Crippen LogP contribution in [0, 0.1) is 11.3 Å². The van der Waals surface area contributed by atoms with Crippen molar-refractivity contribution in [1.82, 2.24) is 10.2 Å². The van der Waals surface area contributed by atoms with Crippen molar-refractivity contribution in [3.8, 4) is 17.2 Å². The van der Waals surface area contributed by atoms with Crippen molar-refractivity contribution in [2.45, 2.75) is 19.4 Å². The summed E-state index contributed by atoms with van der Waals surface area (Å²) in [5.41, 5.74) is 10.2. The fourth-order valence-electron chi connectivity index (χ4n) is 2.46. The molecule has 4 heteroatoms. The van der Waals surface area contributed by atoms with Gasteiger partial charge in [-0.1, -0.05) is 30.3 Å². The minimum Gasteiger partial charge on any atom is -0.322 e. The fraction of sp³-hybridized carbons (Fsp3) is 0.176. The van der Waals surface area contributed by atoms with Gasteiger partial charge in [-0.3, -0.25) is 5.10 Å². The number of hydrogen-bond donors (Lipinski definition) is 2. The van der Waals surface area contributed by atoms with E-state index in [-0.39, 0.29) is 5.54 Å². The summed E-state index contributed by atoms with van der Waals surface area (Å²) in [7, 11) is 0. The topological polar surface area (TPSA) is 78.5 Å². The van der Waals surface area contributed by atoms with Crippen LogP contribution < -0.4 is 5.73 Å². The number of rotatable bonds is 2. The van der Waals surface area contributed by atoms with Crippen molar-refractivity contribution in [3.05, 3.63) is 53.7 Å². The van der Waals surface area contributed by atoms with Gasteiger partial charge in [0.15, 0.2) is 0 Å². The first-order valence-corrected chi connectivity index (χ1v) is 6.76. The Labute approximate surface area is 123 Å². The molecule has 3 N–H and O–H groups in total. The van der Waals surface area contributed by atoms with E-state index in [2.05, 4.69) is 16.3 Å². The lowest BCUT2D eigenvalue weighted by molar-refractivity contribution is 0.554. The Morgan fingerprint density at radius 1 is 1.14 bits per heavy atom. The van der Waals surface area contributed by atoms with Gasteiger partial charge in [-0.05, 0) is 31.0 Å². The Bertz CT molecular complexity index is 830. The van der Waals surface area contributed by atoms with Crippen LogP contribution in [0.15, 0.2) is 42.6 Å². The van der Waals surface area contributed by atoms with Crippen molar-refractivity contribution in [3.63, 3.8) is 0 Å². The molecule has 1 aromatic heterocycles. The molecular weight excluding hydrogens is 260 g/mol. The number of hydrogen-bond acceptors (Lipinski definition) is 3. The van der Waals surface area contributed by atoms with E-state index in [1.807, 2.05) is 50.2 Å². The zero-order chi connectivity index (χ0) is 15.0. The van der Waals surface area contributed by atoms with Gasteiger partial charge in [-0.15, -0.1) is 0 Å². The van der Waals surface area contributed by atoms with Gasteiger partial charge in [0.2, 0.25) is 0 Å². The Morgan fingerprint density at radius 2 is 1.86 bits per heavy atom. The summed E-state index contributed by atoms with van der Waals surface area (Å²) >= 11 is 0. The first-order valence-electron chi connectivity index (χ1n) is 6.76. The third kappa shape index (κ3) is 2.28. The molecule has 0 atom stereocenters. The first kappa shape index (κ1) is 13.3. The lowest BCUT2D eigenvalue weighted by Gasteiger charge is -2.19. The molecule has 2 aromatic carbocycles. The molecule has 0 aliphatic rings. The van der Waals surface area contributed by atoms with Gasteiger partial charge < -0.3 is 5.73 Å². The first-order chi connectivity index (χ1) is 10.0. The third-order valence-corrected chi connectivity index (χ3v) is 3.68. The smallest absolute Gasteiger partial charge is 0.101 e. The molecule has 0 aliphatic heterocycles. The zero-order valence-corrected chi connectivity index (χ0v) is 12.0. The standard InChI is InChI=1S/C17H16N4/c1-17(2,19)12-5-3-11(4-6-12)13-7-8-16-15(10-20-21-16)14(13)9-18/h3-8,10H,19H2,1-2H3,(H,20,21). The van der Waals surface area contributed by atoms with E-state index in [1.165, 1.54) is 0 Å². The summed E-state index contributed by atoms with van der Waals surface area (Å²) in [6.45, 7) is 3.94. The van der Waals surface area contributed by atoms with E-state index in [0.717, 1.165) is 27.6 Å². The second kappa shape index (κ2) is 4.72. The number of fused-ring (bicyclic) bond motifs is 1. The summed E-state index contributed by atoms with van der Waals surface area (Å²) in [6.07, 6.45) is 1.69. The van der Waals surface area contributed by atoms with Crippen LogP contribution in [-0.4, -0.2) is 10.2 Å². The number of aromatic amines is 1. The summed E-state index contributed by atoms with van der Waals surface area (Å²) in [5, 5.41) is 17.2. The molecule has 0 aliphatic carbocycles. The third-order valence-electron chi connectivity index (χ3n) is 3.68. The highest BCUT2D eigenvalue weighted by Gasteiger charge is 2.15. The SMILES string of the molecule is CC(C)(N)c1ccc(-c2ccc3[nH]ncc3c2C#N)cc1. The summed E-state index contributed by atoms with van der Waals surface area (Å²) in [4.78, 5) is 0. The Morgan fingerprint density at radius 3 is 2.48 bits per heavy atom. The van der Waals surface area contributed by atoms with Crippen molar-refractivity contribution in [1.29, 1.82) is 5.26 Å². The van der Waals surface area contributed by atoms with Crippen LogP contribution in [0.3, 0.4) is 0 Å². The highest BCUT2D eigenvalue weighted by atomic mass is 15.1. The molecule has 0 radical (unpaired) electrons. The molecule has 104 valence electrons. The molecule has 0 bridgehead atoms. The molecule has 0 unspecified atom stereocenters. The minimum absolute atomic E-state index is 0.370. The normalized spacial score (nSPS) is 11.5. The van der Waals surface area contributed by atoms with Crippen LogP contribution in [0.2, 0.25) is 0 Å². The van der Waals surface area contributed by atoms with Crippen LogP contribution in [0.4, 0.5) is 0 Å². The largest absolute Gasteiger partial charge is 0.322 e. The second-order valence-electron chi connectivity index (χ2n) is 5.73. The monoisotopic (exact) mass is 276 g/mol. The van der Waals surface area contributed by atoms with E-state index in [1.54, 1.807) is 6.20 Å². The zero-order valence-electron chi connectivity index (χ0n) is 12.0. The lowest BCUT2D eigenvalue weighted by atomic mass is 9.92. The maximum atomic E-state index is 9.47. The molecule has 0 fully saturated rings. The van der Waals surface area contributed by atoms with E-state index >= 15 is 0 Å². The number of aromatic nitrogens is 2. The Balaban J connectivity index is 2.14. The number of nitriles is 1. The van der Waals surface area contributed by atoms with E-state index < -0.39 is 0 Å². The van der Waals surface area contributed by atoms with Crippen LogP contribution in [-0.2, 0) is 5.54 Å². The Hall–Kier alpha value is -2.64. The van der Waals surface area contributed by atoms with Gasteiger partial charge in [0, 0.05) is 16.5 Å². The average molecular weight is 276 g/mol. The van der Waals surface area contributed by atoms with E-state index in [9.17, 15) is 5.26 Å². The molecule has 4 nitrogen and oxygen atoms in total. The molecule has 0 amide bonds. The molecular formula is C17H16N4. The second-order valence-corrected chi connectivity index (χ2v) is 5.73.